The number of carbonyl (C=O) groups is 2. The van der Waals surface area contributed by atoms with Crippen LogP contribution >= 0.6 is 0 Å². The maximum atomic E-state index is 12.7. The second kappa shape index (κ2) is 6.96. The predicted molar refractivity (Wildman–Crippen MR) is 92.3 cm³/mol. The zero-order valence-electron chi connectivity index (χ0n) is 14.6. The molecule has 2 N–H and O–H groups in total. The number of aryl methyl sites for hydroxylation is 2. The van der Waals surface area contributed by atoms with Gasteiger partial charge in [-0.2, -0.15) is 0 Å². The van der Waals surface area contributed by atoms with Gasteiger partial charge in [-0.3, -0.25) is 9.59 Å². The highest BCUT2D eigenvalue weighted by Crippen LogP contribution is 2.25. The summed E-state index contributed by atoms with van der Waals surface area (Å²) >= 11 is 0. The van der Waals surface area contributed by atoms with E-state index in [1.165, 1.54) is 0 Å². The number of ether oxygens (including phenoxy) is 1. The topological polar surface area (TPSA) is 85.2 Å². The minimum Gasteiger partial charge on any atom is -0.496 e. The Kier molecular flexibility index (Phi) is 4.74. The summed E-state index contributed by atoms with van der Waals surface area (Å²) in [4.78, 5) is 28.6. The molecule has 0 spiro atoms. The van der Waals surface area contributed by atoms with E-state index < -0.39 is 0 Å². The van der Waals surface area contributed by atoms with Gasteiger partial charge in [-0.15, -0.1) is 0 Å². The largest absolute Gasteiger partial charge is 0.496 e. The van der Waals surface area contributed by atoms with Crippen molar-refractivity contribution in [1.29, 1.82) is 0 Å². The van der Waals surface area contributed by atoms with Crippen molar-refractivity contribution in [1.82, 2.24) is 20.2 Å². The number of rotatable bonds is 4. The van der Waals surface area contributed by atoms with Gasteiger partial charge in [0.25, 0.3) is 5.91 Å². The minimum atomic E-state index is -0.301. The first kappa shape index (κ1) is 17.0. The Morgan fingerprint density at radius 3 is 2.92 bits per heavy atom. The van der Waals surface area contributed by atoms with Crippen molar-refractivity contribution in [2.45, 2.75) is 31.8 Å². The monoisotopic (exact) mass is 342 g/mol. The summed E-state index contributed by atoms with van der Waals surface area (Å²) in [5.41, 5.74) is 2.36. The van der Waals surface area contributed by atoms with E-state index in [-0.39, 0.29) is 23.9 Å². The van der Waals surface area contributed by atoms with Crippen LogP contribution in [0.2, 0.25) is 0 Å². The molecule has 2 heterocycles. The summed E-state index contributed by atoms with van der Waals surface area (Å²) in [7, 11) is 3.45. The van der Waals surface area contributed by atoms with Gasteiger partial charge in [0, 0.05) is 19.0 Å². The zero-order chi connectivity index (χ0) is 18.0. The van der Waals surface area contributed by atoms with Crippen molar-refractivity contribution in [2.24, 2.45) is 7.05 Å². The molecule has 132 valence electrons. The fourth-order valence-corrected chi connectivity index (χ4v) is 3.12. The molecular formula is C18H22N4O3. The molecule has 3 rings (SSSR count). The molecule has 25 heavy (non-hydrogen) atoms. The molecule has 0 unspecified atom stereocenters. The number of hydrogen-bond acceptors (Lipinski definition) is 4. The van der Waals surface area contributed by atoms with Crippen LogP contribution in [0.4, 0.5) is 0 Å². The van der Waals surface area contributed by atoms with Crippen molar-refractivity contribution in [2.75, 3.05) is 7.11 Å². The normalized spacial score (nSPS) is 20.0. The van der Waals surface area contributed by atoms with Crippen molar-refractivity contribution in [3.8, 4) is 5.75 Å². The van der Waals surface area contributed by atoms with Crippen LogP contribution in [0.3, 0.4) is 0 Å². The first-order valence-corrected chi connectivity index (χ1v) is 8.20. The van der Waals surface area contributed by atoms with Crippen molar-refractivity contribution >= 4 is 11.8 Å². The molecule has 7 heteroatoms. The number of benzene rings is 1. The maximum absolute atomic E-state index is 12.7. The third-order valence-electron chi connectivity index (χ3n) is 4.56. The molecule has 1 aromatic carbocycles. The molecule has 0 bridgehead atoms. The van der Waals surface area contributed by atoms with Crippen LogP contribution in [0, 0.1) is 6.92 Å². The number of piperidine rings is 1. The molecule has 0 radical (unpaired) electrons. The number of methoxy groups -OCH3 is 1. The molecule has 7 nitrogen and oxygen atoms in total. The predicted octanol–water partition coefficient (Wildman–Crippen LogP) is 1.49. The minimum absolute atomic E-state index is 0.0197. The van der Waals surface area contributed by atoms with Crippen LogP contribution in [0.1, 0.15) is 40.5 Å². The Hall–Kier alpha value is -2.83. The maximum Gasteiger partial charge on any atom is 0.251 e. The second-order valence-electron chi connectivity index (χ2n) is 6.28. The first-order valence-electron chi connectivity index (χ1n) is 8.20. The van der Waals surface area contributed by atoms with E-state index in [1.54, 1.807) is 31.8 Å². The zero-order valence-corrected chi connectivity index (χ0v) is 14.6. The van der Waals surface area contributed by atoms with Crippen LogP contribution in [0.25, 0.3) is 0 Å². The van der Waals surface area contributed by atoms with Gasteiger partial charge in [-0.05, 0) is 31.0 Å². The molecule has 1 saturated heterocycles. The third kappa shape index (κ3) is 3.50. The first-order chi connectivity index (χ1) is 12.0. The number of nitrogens with zero attached hydrogens (tertiary/aromatic N) is 2. The molecule has 2 atom stereocenters. The summed E-state index contributed by atoms with van der Waals surface area (Å²) in [6.45, 7) is 1.93. The number of carbonyl (C=O) groups excluding carboxylic acids is 2. The average molecular weight is 342 g/mol. The number of hydrogen-bond donors (Lipinski definition) is 2. The van der Waals surface area contributed by atoms with Gasteiger partial charge < -0.3 is 19.9 Å². The van der Waals surface area contributed by atoms with Crippen LogP contribution in [0.5, 0.6) is 5.75 Å². The summed E-state index contributed by atoms with van der Waals surface area (Å²) in [5, 5.41) is 6.00. The Morgan fingerprint density at radius 1 is 1.44 bits per heavy atom. The van der Waals surface area contributed by atoms with Crippen LogP contribution in [0.15, 0.2) is 30.7 Å². The summed E-state index contributed by atoms with van der Waals surface area (Å²) in [5.74, 6) is 0.466. The fourth-order valence-electron chi connectivity index (χ4n) is 3.12. The molecule has 2 amide bonds. The lowest BCUT2D eigenvalue weighted by atomic mass is 9.95. The third-order valence-corrected chi connectivity index (χ3v) is 4.56. The van der Waals surface area contributed by atoms with Gasteiger partial charge in [0.1, 0.15) is 5.75 Å². The van der Waals surface area contributed by atoms with Crippen molar-refractivity contribution in [3.63, 3.8) is 0 Å². The number of imidazole rings is 1. The van der Waals surface area contributed by atoms with Crippen molar-refractivity contribution in [3.05, 3.63) is 47.5 Å². The molecule has 1 aromatic heterocycles. The number of amides is 2. The van der Waals surface area contributed by atoms with Gasteiger partial charge in [0.05, 0.1) is 37.4 Å². The van der Waals surface area contributed by atoms with Crippen LogP contribution in [-0.4, -0.2) is 34.5 Å². The highest BCUT2D eigenvalue weighted by Gasteiger charge is 2.32. The quantitative estimate of drug-likeness (QED) is 0.881. The van der Waals surface area contributed by atoms with E-state index in [9.17, 15) is 9.59 Å². The standard InChI is InChI=1S/C18H22N4O3/c1-11-4-5-12(8-15(11)25-3)18(24)20-13-6-7-16(23)21-17(13)14-9-19-10-22(14)2/h4-5,8-10,13,17H,6-7H2,1-3H3,(H,20,24)(H,21,23)/t13-,17-/m1/s1. The lowest BCUT2D eigenvalue weighted by molar-refractivity contribution is -0.123. The van der Waals surface area contributed by atoms with Crippen LogP contribution < -0.4 is 15.4 Å². The van der Waals surface area contributed by atoms with E-state index in [0.29, 0.717) is 24.2 Å². The second-order valence-corrected chi connectivity index (χ2v) is 6.28. The molecule has 0 aliphatic carbocycles. The Labute approximate surface area is 146 Å². The SMILES string of the molecule is COc1cc(C(=O)N[C@@H]2CCC(=O)N[C@H]2c2cncn2C)ccc1C. The molecular weight excluding hydrogens is 320 g/mol. The van der Waals surface area contributed by atoms with E-state index in [4.69, 9.17) is 4.74 Å². The van der Waals surface area contributed by atoms with Gasteiger partial charge in [-0.25, -0.2) is 4.98 Å². The van der Waals surface area contributed by atoms with Gasteiger partial charge in [0.2, 0.25) is 5.91 Å². The van der Waals surface area contributed by atoms with Crippen LogP contribution in [-0.2, 0) is 11.8 Å². The Morgan fingerprint density at radius 2 is 2.24 bits per heavy atom. The smallest absolute Gasteiger partial charge is 0.251 e. The summed E-state index contributed by atoms with van der Waals surface area (Å²) in [6, 6.07) is 4.85. The van der Waals surface area contributed by atoms with Gasteiger partial charge >= 0.3 is 0 Å². The van der Waals surface area contributed by atoms with Gasteiger partial charge in [0.15, 0.2) is 0 Å². The fraction of sp³-hybridized carbons (Fsp3) is 0.389. The highest BCUT2D eigenvalue weighted by molar-refractivity contribution is 5.95. The lowest BCUT2D eigenvalue weighted by Crippen LogP contribution is -2.50. The molecule has 2 aromatic rings. The summed E-state index contributed by atoms with van der Waals surface area (Å²) < 4.78 is 7.14. The molecule has 0 saturated carbocycles. The number of nitrogens with one attached hydrogen (secondary N) is 2. The van der Waals surface area contributed by atoms with Crippen molar-refractivity contribution < 1.29 is 14.3 Å². The Balaban J connectivity index is 1.81. The molecule has 1 aliphatic rings. The highest BCUT2D eigenvalue weighted by atomic mass is 16.5. The number of aromatic nitrogens is 2. The molecule has 1 fully saturated rings. The lowest BCUT2D eigenvalue weighted by Gasteiger charge is -2.33. The summed E-state index contributed by atoms with van der Waals surface area (Å²) in [6.07, 6.45) is 4.36. The van der Waals surface area contributed by atoms with E-state index in [1.807, 2.05) is 24.6 Å². The van der Waals surface area contributed by atoms with E-state index in [0.717, 1.165) is 11.3 Å². The van der Waals surface area contributed by atoms with E-state index in [2.05, 4.69) is 15.6 Å². The van der Waals surface area contributed by atoms with Gasteiger partial charge in [-0.1, -0.05) is 6.07 Å². The Bertz CT molecular complexity index is 799. The van der Waals surface area contributed by atoms with E-state index >= 15 is 0 Å². The molecule has 1 aliphatic heterocycles. The average Bonchev–Trinajstić information content (AvgIpc) is 3.02.